The first kappa shape index (κ1) is 16.1. The summed E-state index contributed by atoms with van der Waals surface area (Å²) in [6.45, 7) is 9.59. The topological polar surface area (TPSA) is 80.9 Å². The number of rotatable bonds is 3. The monoisotopic (exact) mass is 204 g/mol. The van der Waals surface area contributed by atoms with Crippen molar-refractivity contribution < 1.29 is 20.3 Å². The highest BCUT2D eigenvalue weighted by atomic mass is 16.4. The van der Waals surface area contributed by atoms with E-state index in [1.807, 2.05) is 0 Å². The summed E-state index contributed by atoms with van der Waals surface area (Å²) in [7, 11) is -1.22. The second kappa shape index (κ2) is 6.19. The average molecular weight is 204 g/mol. The smallest absolute Gasteiger partial charge is 0.427 e. The summed E-state index contributed by atoms with van der Waals surface area (Å²) in [6, 6.07) is 0. The Morgan fingerprint density at radius 1 is 1.07 bits per heavy atom. The molecule has 0 aliphatic carbocycles. The van der Waals surface area contributed by atoms with Gasteiger partial charge >= 0.3 is 7.12 Å². The number of aliphatic hydroxyl groups is 2. The van der Waals surface area contributed by atoms with E-state index in [1.54, 1.807) is 27.7 Å². The second-order valence-corrected chi connectivity index (χ2v) is 4.12. The van der Waals surface area contributed by atoms with Crippen molar-refractivity contribution in [2.45, 2.75) is 45.2 Å². The van der Waals surface area contributed by atoms with Gasteiger partial charge in [0.1, 0.15) is 0 Å². The van der Waals surface area contributed by atoms with Crippen molar-refractivity contribution in [3.63, 3.8) is 0 Å². The molecule has 0 bridgehead atoms. The minimum atomic E-state index is -1.22. The van der Waals surface area contributed by atoms with Crippen LogP contribution in [0.25, 0.3) is 0 Å². The lowest BCUT2D eigenvalue weighted by atomic mass is 9.87. The molecule has 5 heteroatoms. The van der Waals surface area contributed by atoms with Crippen molar-refractivity contribution >= 4 is 7.12 Å². The fourth-order valence-electron chi connectivity index (χ4n) is 0.149. The first-order valence-corrected chi connectivity index (χ1v) is 4.44. The molecule has 0 radical (unpaired) electrons. The van der Waals surface area contributed by atoms with E-state index in [9.17, 15) is 0 Å². The molecule has 0 heterocycles. The molecule has 4 nitrogen and oxygen atoms in total. The molecule has 0 saturated carbocycles. The normalized spacial score (nSPS) is 11.4. The summed E-state index contributed by atoms with van der Waals surface area (Å²) in [6.07, 6.45) is 1.70. The molecule has 0 aromatic heterocycles. The maximum Gasteiger partial charge on any atom is 0.455 e. The largest absolute Gasteiger partial charge is 0.455 e. The first-order valence-electron chi connectivity index (χ1n) is 4.44. The third-order valence-electron chi connectivity index (χ3n) is 1.87. The Morgan fingerprint density at radius 2 is 1.36 bits per heavy atom. The van der Waals surface area contributed by atoms with Crippen LogP contribution < -0.4 is 0 Å². The number of allylic oxidation sites excluding steroid dienone is 1. The molecule has 0 saturated heterocycles. The molecule has 0 aromatic rings. The minimum absolute atomic E-state index is 0.250. The van der Waals surface area contributed by atoms with E-state index in [1.165, 1.54) is 6.08 Å². The van der Waals surface area contributed by atoms with Gasteiger partial charge in [-0.15, -0.1) is 6.58 Å². The highest BCUT2D eigenvalue weighted by molar-refractivity contribution is 6.41. The zero-order valence-corrected chi connectivity index (χ0v) is 9.36. The van der Waals surface area contributed by atoms with Gasteiger partial charge in [-0.1, -0.05) is 6.08 Å². The van der Waals surface area contributed by atoms with Crippen LogP contribution in [-0.4, -0.2) is 38.6 Å². The van der Waals surface area contributed by atoms with Crippen molar-refractivity contribution in [1.29, 1.82) is 0 Å². The average Bonchev–Trinajstić information content (AvgIpc) is 1.82. The van der Waals surface area contributed by atoms with Crippen molar-refractivity contribution in [1.82, 2.24) is 0 Å². The summed E-state index contributed by atoms with van der Waals surface area (Å²) < 4.78 is 0. The van der Waals surface area contributed by atoms with Gasteiger partial charge in [0.2, 0.25) is 0 Å². The van der Waals surface area contributed by atoms with Crippen LogP contribution >= 0.6 is 0 Å². The lowest BCUT2D eigenvalue weighted by Crippen LogP contribution is -2.44. The molecule has 0 rings (SSSR count). The van der Waals surface area contributed by atoms with Gasteiger partial charge in [-0.2, -0.15) is 0 Å². The zero-order valence-electron chi connectivity index (χ0n) is 9.36. The number of hydrogen-bond donors (Lipinski definition) is 4. The van der Waals surface area contributed by atoms with Crippen LogP contribution in [0.5, 0.6) is 0 Å². The Hall–Kier alpha value is -0.355. The van der Waals surface area contributed by atoms with Crippen LogP contribution in [0.15, 0.2) is 12.7 Å². The zero-order chi connectivity index (χ0) is 12.0. The third kappa shape index (κ3) is 9.73. The molecule has 0 fully saturated rings. The fourth-order valence-corrected chi connectivity index (χ4v) is 0.149. The maximum atomic E-state index is 9.10. The quantitative estimate of drug-likeness (QED) is 0.390. The van der Waals surface area contributed by atoms with Gasteiger partial charge in [0.25, 0.3) is 0 Å². The fraction of sp³-hybridized carbons (Fsp3) is 0.778. The van der Waals surface area contributed by atoms with Gasteiger partial charge in [0.15, 0.2) is 0 Å². The Balaban J connectivity index is 0. The van der Waals surface area contributed by atoms with Crippen molar-refractivity contribution in [2.24, 2.45) is 0 Å². The van der Waals surface area contributed by atoms with Crippen molar-refractivity contribution in [2.75, 3.05) is 0 Å². The molecule has 0 aliphatic rings. The molecule has 0 amide bonds. The summed E-state index contributed by atoms with van der Waals surface area (Å²) in [5.41, 5.74) is -2.01. The van der Waals surface area contributed by atoms with Crippen molar-refractivity contribution in [3.05, 3.63) is 12.7 Å². The van der Waals surface area contributed by atoms with Crippen LogP contribution in [0.2, 0.25) is 6.32 Å². The highest BCUT2D eigenvalue weighted by Gasteiger charge is 2.31. The summed E-state index contributed by atoms with van der Waals surface area (Å²) >= 11 is 0. The predicted molar refractivity (Wildman–Crippen MR) is 57.8 cm³/mol. The van der Waals surface area contributed by atoms with Gasteiger partial charge < -0.3 is 20.3 Å². The second-order valence-electron chi connectivity index (χ2n) is 4.12. The van der Waals surface area contributed by atoms with Gasteiger partial charge in [-0.3, -0.25) is 0 Å². The Bertz CT molecular complexity index is 143. The molecular weight excluding hydrogens is 183 g/mol. The molecule has 0 aromatic carbocycles. The van der Waals surface area contributed by atoms with Gasteiger partial charge in [0.05, 0.1) is 11.2 Å². The maximum absolute atomic E-state index is 9.10. The van der Waals surface area contributed by atoms with E-state index in [2.05, 4.69) is 6.58 Å². The molecule has 4 N–H and O–H groups in total. The molecule has 84 valence electrons. The number of hydrogen-bond acceptors (Lipinski definition) is 4. The first-order chi connectivity index (χ1) is 6.02. The third-order valence-corrected chi connectivity index (χ3v) is 1.87. The molecule has 0 aliphatic heterocycles. The minimum Gasteiger partial charge on any atom is -0.427 e. The summed E-state index contributed by atoms with van der Waals surface area (Å²) in [5.74, 6) is 0. The molecule has 0 unspecified atom stereocenters. The van der Waals surface area contributed by atoms with Gasteiger partial charge in [0, 0.05) is 0 Å². The highest BCUT2D eigenvalue weighted by Crippen LogP contribution is 2.19. The summed E-state index contributed by atoms with van der Waals surface area (Å²) in [4.78, 5) is 0. The molecule has 0 atom stereocenters. The van der Waals surface area contributed by atoms with E-state index in [4.69, 9.17) is 20.3 Å². The Kier molecular flexibility index (Phi) is 7.11. The predicted octanol–water partition coefficient (Wildman–Crippen LogP) is 0.173. The lowest BCUT2D eigenvalue weighted by Gasteiger charge is -2.31. The SMILES string of the molecule is C=CCB(O)O.CC(C)(O)C(C)(C)O. The van der Waals surface area contributed by atoms with Crippen LogP contribution in [0, 0.1) is 0 Å². The van der Waals surface area contributed by atoms with E-state index in [-0.39, 0.29) is 6.32 Å². The van der Waals surface area contributed by atoms with Gasteiger partial charge in [-0.25, -0.2) is 0 Å². The van der Waals surface area contributed by atoms with Crippen LogP contribution in [0.4, 0.5) is 0 Å². The van der Waals surface area contributed by atoms with E-state index < -0.39 is 18.3 Å². The van der Waals surface area contributed by atoms with Crippen LogP contribution in [0.1, 0.15) is 27.7 Å². The van der Waals surface area contributed by atoms with E-state index in [0.29, 0.717) is 0 Å². The summed E-state index contributed by atoms with van der Waals surface area (Å²) in [5, 5.41) is 34.3. The van der Waals surface area contributed by atoms with Gasteiger partial charge in [-0.05, 0) is 34.0 Å². The van der Waals surface area contributed by atoms with Crippen LogP contribution in [-0.2, 0) is 0 Å². The van der Waals surface area contributed by atoms with E-state index in [0.717, 1.165) is 0 Å². The lowest BCUT2D eigenvalue weighted by molar-refractivity contribution is -0.107. The molecular formula is C9H21BO4. The Morgan fingerprint density at radius 3 is 1.36 bits per heavy atom. The standard InChI is InChI=1S/C6H14O2.C3H7BO2/c1-5(2,7)6(3,4)8;1-2-3-4(5)6/h7-8H,1-4H3;2,5-6H,1,3H2. The Labute approximate surface area is 86.0 Å². The van der Waals surface area contributed by atoms with E-state index >= 15 is 0 Å². The molecule has 0 spiro atoms. The van der Waals surface area contributed by atoms with Crippen LogP contribution in [0.3, 0.4) is 0 Å². The molecule has 14 heavy (non-hydrogen) atoms. The van der Waals surface area contributed by atoms with Crippen molar-refractivity contribution in [3.8, 4) is 0 Å².